The quantitative estimate of drug-likeness (QED) is 0.853. The molecular weight excluding hydrogens is 238 g/mol. The van der Waals surface area contributed by atoms with Crippen LogP contribution < -0.4 is 5.73 Å². The molecule has 2 heterocycles. The third kappa shape index (κ3) is 3.07. The maximum atomic E-state index is 11.6. The molecular formula is C11H19N3O2S. The second-order valence-electron chi connectivity index (χ2n) is 4.57. The summed E-state index contributed by atoms with van der Waals surface area (Å²) in [5, 5.41) is 4.27. The lowest BCUT2D eigenvalue weighted by atomic mass is 10.1. The van der Waals surface area contributed by atoms with Gasteiger partial charge in [-0.15, -0.1) is 0 Å². The van der Waals surface area contributed by atoms with Crippen LogP contribution in [0.25, 0.3) is 0 Å². The number of sulfone groups is 1. The van der Waals surface area contributed by atoms with Gasteiger partial charge in [-0.2, -0.15) is 5.10 Å². The van der Waals surface area contributed by atoms with Gasteiger partial charge in [-0.1, -0.05) is 0 Å². The number of nitrogens with zero attached hydrogens (tertiary/aromatic N) is 2. The predicted molar refractivity (Wildman–Crippen MR) is 66.5 cm³/mol. The SMILES string of the molecule is NCCCc1ccnn1C1CCCS(=O)(=O)C1. The smallest absolute Gasteiger partial charge is 0.152 e. The fourth-order valence-electron chi connectivity index (χ4n) is 2.34. The molecule has 2 rings (SSSR count). The van der Waals surface area contributed by atoms with E-state index < -0.39 is 9.84 Å². The van der Waals surface area contributed by atoms with Crippen LogP contribution in [0.1, 0.15) is 31.0 Å². The molecule has 96 valence electrons. The molecule has 5 nitrogen and oxygen atoms in total. The van der Waals surface area contributed by atoms with Crippen LogP contribution in [-0.2, 0) is 16.3 Å². The molecule has 6 heteroatoms. The van der Waals surface area contributed by atoms with Crippen molar-refractivity contribution in [2.75, 3.05) is 18.1 Å². The van der Waals surface area contributed by atoms with Gasteiger partial charge in [0.15, 0.2) is 9.84 Å². The van der Waals surface area contributed by atoms with E-state index >= 15 is 0 Å². The maximum Gasteiger partial charge on any atom is 0.152 e. The lowest BCUT2D eigenvalue weighted by Crippen LogP contribution is -2.29. The number of aryl methyl sites for hydroxylation is 1. The Bertz CT molecular complexity index is 467. The molecule has 0 radical (unpaired) electrons. The number of hydrogen-bond acceptors (Lipinski definition) is 4. The lowest BCUT2D eigenvalue weighted by molar-refractivity contribution is 0.421. The highest BCUT2D eigenvalue weighted by atomic mass is 32.2. The Labute approximate surface area is 102 Å². The van der Waals surface area contributed by atoms with E-state index in [0.717, 1.165) is 31.4 Å². The molecule has 0 spiro atoms. The highest BCUT2D eigenvalue weighted by Gasteiger charge is 2.27. The highest BCUT2D eigenvalue weighted by Crippen LogP contribution is 2.24. The van der Waals surface area contributed by atoms with Crippen LogP contribution in [0, 0.1) is 0 Å². The Morgan fingerprint density at radius 3 is 3.06 bits per heavy atom. The second-order valence-corrected chi connectivity index (χ2v) is 6.80. The summed E-state index contributed by atoms with van der Waals surface area (Å²) >= 11 is 0. The number of rotatable bonds is 4. The van der Waals surface area contributed by atoms with Crippen LogP contribution in [0.5, 0.6) is 0 Å². The van der Waals surface area contributed by atoms with Crippen LogP contribution >= 0.6 is 0 Å². The van der Waals surface area contributed by atoms with E-state index in [1.54, 1.807) is 6.20 Å². The van der Waals surface area contributed by atoms with E-state index in [9.17, 15) is 8.42 Å². The summed E-state index contributed by atoms with van der Waals surface area (Å²) in [6, 6.07) is 1.97. The summed E-state index contributed by atoms with van der Waals surface area (Å²) in [7, 11) is -2.88. The summed E-state index contributed by atoms with van der Waals surface area (Å²) < 4.78 is 25.1. The number of hydrogen-bond donors (Lipinski definition) is 1. The summed E-state index contributed by atoms with van der Waals surface area (Å²) in [5.41, 5.74) is 6.59. The third-order valence-corrected chi connectivity index (χ3v) is 4.98. The normalized spacial score (nSPS) is 23.7. The molecule has 2 N–H and O–H groups in total. The summed E-state index contributed by atoms with van der Waals surface area (Å²) in [5.74, 6) is 0.549. The topological polar surface area (TPSA) is 78.0 Å². The minimum absolute atomic E-state index is 0.0107. The zero-order valence-electron chi connectivity index (χ0n) is 9.88. The largest absolute Gasteiger partial charge is 0.330 e. The molecule has 0 aromatic carbocycles. The van der Waals surface area contributed by atoms with Crippen LogP contribution in [0.15, 0.2) is 12.3 Å². The second kappa shape index (κ2) is 5.18. The fourth-order valence-corrected chi connectivity index (χ4v) is 4.01. The van der Waals surface area contributed by atoms with Crippen LogP contribution in [-0.4, -0.2) is 36.2 Å². The molecule has 0 saturated carbocycles. The minimum atomic E-state index is -2.88. The first-order valence-corrected chi connectivity index (χ1v) is 7.87. The third-order valence-electron chi connectivity index (χ3n) is 3.17. The number of nitrogens with two attached hydrogens (primary N) is 1. The van der Waals surface area contributed by atoms with Crippen molar-refractivity contribution in [2.24, 2.45) is 5.73 Å². The van der Waals surface area contributed by atoms with Crippen molar-refractivity contribution in [3.8, 4) is 0 Å². The van der Waals surface area contributed by atoms with Gasteiger partial charge in [0, 0.05) is 11.9 Å². The van der Waals surface area contributed by atoms with E-state index in [1.807, 2.05) is 10.7 Å². The summed E-state index contributed by atoms with van der Waals surface area (Å²) in [6.45, 7) is 0.647. The number of aromatic nitrogens is 2. The monoisotopic (exact) mass is 257 g/mol. The van der Waals surface area contributed by atoms with Crippen LogP contribution in [0.2, 0.25) is 0 Å². The molecule has 0 amide bonds. The Morgan fingerprint density at radius 1 is 1.53 bits per heavy atom. The molecule has 1 aromatic heterocycles. The zero-order valence-corrected chi connectivity index (χ0v) is 10.7. The average molecular weight is 257 g/mol. The Hall–Kier alpha value is -0.880. The fraction of sp³-hybridized carbons (Fsp3) is 0.727. The van der Waals surface area contributed by atoms with Gasteiger partial charge in [0.25, 0.3) is 0 Å². The standard InChI is InChI=1S/C11H19N3O2S/c12-6-1-3-10-5-7-13-14(10)11-4-2-8-17(15,16)9-11/h5,7,11H,1-4,6,8-9,12H2. The van der Waals surface area contributed by atoms with E-state index in [-0.39, 0.29) is 11.8 Å². The first kappa shape index (κ1) is 12.6. The van der Waals surface area contributed by atoms with Gasteiger partial charge in [0.05, 0.1) is 17.5 Å². The van der Waals surface area contributed by atoms with E-state index in [1.165, 1.54) is 0 Å². The molecule has 0 bridgehead atoms. The van der Waals surface area contributed by atoms with E-state index in [4.69, 9.17) is 5.73 Å². The van der Waals surface area contributed by atoms with Crippen molar-refractivity contribution in [1.29, 1.82) is 0 Å². The van der Waals surface area contributed by atoms with Crippen molar-refractivity contribution in [3.05, 3.63) is 18.0 Å². The molecule has 1 aromatic rings. The Kier molecular flexibility index (Phi) is 3.83. The van der Waals surface area contributed by atoms with Gasteiger partial charge >= 0.3 is 0 Å². The zero-order chi connectivity index (χ0) is 12.3. The van der Waals surface area contributed by atoms with E-state index in [0.29, 0.717) is 12.3 Å². The first-order valence-electron chi connectivity index (χ1n) is 6.05. The van der Waals surface area contributed by atoms with Crippen molar-refractivity contribution in [2.45, 2.75) is 31.7 Å². The average Bonchev–Trinajstić information content (AvgIpc) is 2.73. The van der Waals surface area contributed by atoms with E-state index in [2.05, 4.69) is 5.10 Å². The van der Waals surface area contributed by atoms with Crippen molar-refractivity contribution in [1.82, 2.24) is 9.78 Å². The van der Waals surface area contributed by atoms with Gasteiger partial charge in [-0.05, 0) is 38.3 Å². The van der Waals surface area contributed by atoms with Crippen LogP contribution in [0.4, 0.5) is 0 Å². The molecule has 17 heavy (non-hydrogen) atoms. The predicted octanol–water partition coefficient (Wildman–Crippen LogP) is 0.524. The molecule has 1 saturated heterocycles. The molecule has 1 aliphatic rings. The molecule has 1 unspecified atom stereocenters. The molecule has 1 atom stereocenters. The maximum absolute atomic E-state index is 11.6. The first-order chi connectivity index (χ1) is 8.12. The van der Waals surface area contributed by atoms with Gasteiger partial charge in [-0.3, -0.25) is 4.68 Å². The van der Waals surface area contributed by atoms with Gasteiger partial charge < -0.3 is 5.73 Å². The Morgan fingerprint density at radius 2 is 2.35 bits per heavy atom. The molecule has 1 fully saturated rings. The van der Waals surface area contributed by atoms with Gasteiger partial charge in [0.2, 0.25) is 0 Å². The van der Waals surface area contributed by atoms with Crippen molar-refractivity contribution < 1.29 is 8.42 Å². The minimum Gasteiger partial charge on any atom is -0.330 e. The van der Waals surface area contributed by atoms with Gasteiger partial charge in [0.1, 0.15) is 0 Å². The molecule has 1 aliphatic heterocycles. The lowest BCUT2D eigenvalue weighted by Gasteiger charge is -2.24. The summed E-state index contributed by atoms with van der Waals surface area (Å²) in [4.78, 5) is 0. The van der Waals surface area contributed by atoms with Crippen molar-refractivity contribution >= 4 is 9.84 Å². The van der Waals surface area contributed by atoms with Crippen molar-refractivity contribution in [3.63, 3.8) is 0 Å². The highest BCUT2D eigenvalue weighted by molar-refractivity contribution is 7.91. The summed E-state index contributed by atoms with van der Waals surface area (Å²) in [6.07, 6.45) is 5.16. The Balaban J connectivity index is 2.13. The molecule has 0 aliphatic carbocycles. The van der Waals surface area contributed by atoms with Crippen LogP contribution in [0.3, 0.4) is 0 Å². The van der Waals surface area contributed by atoms with Gasteiger partial charge in [-0.25, -0.2) is 8.42 Å².